The summed E-state index contributed by atoms with van der Waals surface area (Å²) in [6.45, 7) is 0. The highest BCUT2D eigenvalue weighted by Gasteiger charge is 2.51. The fourth-order valence-electron chi connectivity index (χ4n) is 3.48. The van der Waals surface area contributed by atoms with Crippen molar-refractivity contribution in [1.29, 1.82) is 0 Å². The Morgan fingerprint density at radius 3 is 2.52 bits per heavy atom. The minimum atomic E-state index is -0.896. The van der Waals surface area contributed by atoms with Crippen LogP contribution in [0.1, 0.15) is 6.42 Å². The zero-order valence-electron chi connectivity index (χ0n) is 11.7. The molecule has 4 atom stereocenters. The van der Waals surface area contributed by atoms with Crippen LogP contribution in [0.4, 0.5) is 5.69 Å². The third kappa shape index (κ3) is 2.28. The maximum absolute atomic E-state index is 12.5. The fourth-order valence-corrected chi connectivity index (χ4v) is 3.48. The number of aliphatic carboxylic acids is 1. The first-order valence-corrected chi connectivity index (χ1v) is 6.97. The molecule has 1 amide bonds. The van der Waals surface area contributed by atoms with Gasteiger partial charge in [0.25, 0.3) is 0 Å². The molecule has 1 aromatic rings. The lowest BCUT2D eigenvalue weighted by atomic mass is 9.82. The number of nitrogens with one attached hydrogen (secondary N) is 1. The number of hydrogen-bond acceptors (Lipinski definition) is 3. The summed E-state index contributed by atoms with van der Waals surface area (Å²) in [5.74, 6) is -1.73. The Kier molecular flexibility index (Phi) is 3.41. The molecule has 0 aromatic heterocycles. The minimum absolute atomic E-state index is 0.0193. The summed E-state index contributed by atoms with van der Waals surface area (Å²) in [6.07, 6.45) is 4.65. The summed E-state index contributed by atoms with van der Waals surface area (Å²) in [7, 11) is 1.53. The number of carbonyl (C=O) groups excluding carboxylic acids is 1. The monoisotopic (exact) mass is 287 g/mol. The summed E-state index contributed by atoms with van der Waals surface area (Å²) in [6, 6.07) is 7.11. The van der Waals surface area contributed by atoms with E-state index in [9.17, 15) is 14.7 Å². The van der Waals surface area contributed by atoms with Crippen LogP contribution in [0, 0.1) is 23.7 Å². The highest BCUT2D eigenvalue weighted by Crippen LogP contribution is 2.48. The van der Waals surface area contributed by atoms with Gasteiger partial charge >= 0.3 is 5.97 Å². The molecule has 0 heterocycles. The van der Waals surface area contributed by atoms with Gasteiger partial charge in [0.05, 0.1) is 24.6 Å². The Bertz CT molecular complexity index is 610. The standard InChI is InChI=1S/C16H17NO4/c1-21-12-5-3-2-4-11(12)17-15(18)13-9-6-7-10(8-9)14(13)16(19)20/h2-7,9-10,13-14H,8H2,1H3,(H,17,18)(H,19,20)/t9-,10-,13-,14+/m0/s1. The van der Waals surface area contributed by atoms with Gasteiger partial charge in [0, 0.05) is 0 Å². The predicted molar refractivity (Wildman–Crippen MR) is 77.0 cm³/mol. The topological polar surface area (TPSA) is 75.6 Å². The molecule has 3 rings (SSSR count). The van der Waals surface area contributed by atoms with Crippen LogP contribution in [-0.4, -0.2) is 24.1 Å². The van der Waals surface area contributed by atoms with E-state index in [1.807, 2.05) is 18.2 Å². The van der Waals surface area contributed by atoms with E-state index in [0.717, 1.165) is 6.42 Å². The highest BCUT2D eigenvalue weighted by atomic mass is 16.5. The van der Waals surface area contributed by atoms with Crippen LogP contribution in [0.5, 0.6) is 5.75 Å². The van der Waals surface area contributed by atoms with Crippen molar-refractivity contribution in [3.63, 3.8) is 0 Å². The molecule has 2 bridgehead atoms. The normalized spacial score (nSPS) is 29.4. The van der Waals surface area contributed by atoms with Gasteiger partial charge in [-0.05, 0) is 30.4 Å². The number of hydrogen-bond donors (Lipinski definition) is 2. The van der Waals surface area contributed by atoms with Crippen molar-refractivity contribution in [2.45, 2.75) is 6.42 Å². The third-order valence-corrected chi connectivity index (χ3v) is 4.41. The van der Waals surface area contributed by atoms with Crippen molar-refractivity contribution < 1.29 is 19.4 Å². The van der Waals surface area contributed by atoms with E-state index in [1.165, 1.54) is 7.11 Å². The fraction of sp³-hybridized carbons (Fsp3) is 0.375. The number of fused-ring (bicyclic) bond motifs is 2. The summed E-state index contributed by atoms with van der Waals surface area (Å²) < 4.78 is 5.20. The molecule has 1 aromatic carbocycles. The first-order chi connectivity index (χ1) is 10.1. The Labute approximate surface area is 122 Å². The van der Waals surface area contributed by atoms with Crippen molar-refractivity contribution in [2.75, 3.05) is 12.4 Å². The van der Waals surface area contributed by atoms with Gasteiger partial charge < -0.3 is 15.2 Å². The highest BCUT2D eigenvalue weighted by molar-refractivity contribution is 5.97. The number of allylic oxidation sites excluding steroid dienone is 2. The second-order valence-corrected chi connectivity index (χ2v) is 5.53. The first kappa shape index (κ1) is 13.7. The number of para-hydroxylation sites is 2. The van der Waals surface area contributed by atoms with Gasteiger partial charge in [-0.25, -0.2) is 0 Å². The molecule has 2 aliphatic rings. The van der Waals surface area contributed by atoms with E-state index < -0.39 is 17.8 Å². The Hall–Kier alpha value is -2.30. The molecule has 0 unspecified atom stereocenters. The van der Waals surface area contributed by atoms with Gasteiger partial charge in [-0.2, -0.15) is 0 Å². The van der Waals surface area contributed by atoms with Crippen LogP contribution < -0.4 is 10.1 Å². The average molecular weight is 287 g/mol. The summed E-state index contributed by atoms with van der Waals surface area (Å²) in [5.41, 5.74) is 0.570. The number of rotatable bonds is 4. The smallest absolute Gasteiger partial charge is 0.307 e. The van der Waals surface area contributed by atoms with Crippen LogP contribution in [0.3, 0.4) is 0 Å². The number of amides is 1. The van der Waals surface area contributed by atoms with Crippen molar-refractivity contribution in [1.82, 2.24) is 0 Å². The van der Waals surface area contributed by atoms with Gasteiger partial charge in [0.1, 0.15) is 5.75 Å². The van der Waals surface area contributed by atoms with Gasteiger partial charge in [-0.15, -0.1) is 0 Å². The van der Waals surface area contributed by atoms with Gasteiger partial charge in [0.15, 0.2) is 0 Å². The maximum Gasteiger partial charge on any atom is 0.307 e. The molecule has 5 heteroatoms. The Morgan fingerprint density at radius 2 is 1.86 bits per heavy atom. The van der Waals surface area contributed by atoms with E-state index in [4.69, 9.17) is 4.74 Å². The van der Waals surface area contributed by atoms with Crippen LogP contribution in [0.25, 0.3) is 0 Å². The Morgan fingerprint density at radius 1 is 1.19 bits per heavy atom. The summed E-state index contributed by atoms with van der Waals surface area (Å²) in [5, 5.41) is 12.2. The van der Waals surface area contributed by atoms with Crippen molar-refractivity contribution in [2.24, 2.45) is 23.7 Å². The summed E-state index contributed by atoms with van der Waals surface area (Å²) >= 11 is 0. The van der Waals surface area contributed by atoms with Crippen molar-refractivity contribution in [3.05, 3.63) is 36.4 Å². The molecule has 2 aliphatic carbocycles. The predicted octanol–water partition coefficient (Wildman–Crippen LogP) is 2.16. The molecule has 1 fully saturated rings. The molecule has 0 aliphatic heterocycles. The molecule has 21 heavy (non-hydrogen) atoms. The van der Waals surface area contributed by atoms with Crippen molar-refractivity contribution in [3.8, 4) is 5.75 Å². The van der Waals surface area contributed by atoms with Crippen LogP contribution in [0.15, 0.2) is 36.4 Å². The molecule has 0 spiro atoms. The lowest BCUT2D eigenvalue weighted by Crippen LogP contribution is -2.36. The summed E-state index contributed by atoms with van der Waals surface area (Å²) in [4.78, 5) is 24.0. The van der Waals surface area contributed by atoms with E-state index >= 15 is 0 Å². The molecular formula is C16H17NO4. The van der Waals surface area contributed by atoms with E-state index in [1.54, 1.807) is 18.2 Å². The van der Waals surface area contributed by atoms with Crippen molar-refractivity contribution >= 4 is 17.6 Å². The number of benzene rings is 1. The van der Waals surface area contributed by atoms with E-state index in [0.29, 0.717) is 11.4 Å². The molecule has 110 valence electrons. The Balaban J connectivity index is 1.82. The number of anilines is 1. The second kappa shape index (κ2) is 5.24. The average Bonchev–Trinajstić information content (AvgIpc) is 3.08. The quantitative estimate of drug-likeness (QED) is 0.832. The van der Waals surface area contributed by atoms with Gasteiger partial charge in [-0.3, -0.25) is 9.59 Å². The molecule has 0 saturated heterocycles. The molecular weight excluding hydrogens is 270 g/mol. The van der Waals surface area contributed by atoms with Crippen LogP contribution in [-0.2, 0) is 9.59 Å². The zero-order chi connectivity index (χ0) is 15.0. The third-order valence-electron chi connectivity index (χ3n) is 4.41. The van der Waals surface area contributed by atoms with Crippen LogP contribution >= 0.6 is 0 Å². The lowest BCUT2D eigenvalue weighted by Gasteiger charge is -2.24. The minimum Gasteiger partial charge on any atom is -0.495 e. The lowest BCUT2D eigenvalue weighted by molar-refractivity contribution is -0.146. The molecule has 1 saturated carbocycles. The number of carbonyl (C=O) groups is 2. The molecule has 0 radical (unpaired) electrons. The number of methoxy groups -OCH3 is 1. The van der Waals surface area contributed by atoms with Crippen LogP contribution in [0.2, 0.25) is 0 Å². The van der Waals surface area contributed by atoms with E-state index in [-0.39, 0.29) is 17.7 Å². The maximum atomic E-state index is 12.5. The molecule has 2 N–H and O–H groups in total. The first-order valence-electron chi connectivity index (χ1n) is 6.97. The zero-order valence-corrected chi connectivity index (χ0v) is 11.7. The van der Waals surface area contributed by atoms with E-state index in [2.05, 4.69) is 5.32 Å². The SMILES string of the molecule is COc1ccccc1NC(=O)[C@@H]1[C@H](C(=O)O)[C@H]2C=C[C@H]1C2. The molecule has 5 nitrogen and oxygen atoms in total. The van der Waals surface area contributed by atoms with Gasteiger partial charge in [0.2, 0.25) is 5.91 Å². The number of carboxylic acid groups (broad SMARTS) is 1. The number of ether oxygens (including phenoxy) is 1. The van der Waals surface area contributed by atoms with Gasteiger partial charge in [-0.1, -0.05) is 24.3 Å². The number of carboxylic acids is 1. The second-order valence-electron chi connectivity index (χ2n) is 5.53. The largest absolute Gasteiger partial charge is 0.495 e.